The number of hydrogen-bond donors (Lipinski definition) is 0. The molecule has 0 amide bonds. The van der Waals surface area contributed by atoms with Crippen molar-refractivity contribution < 1.29 is 4.57 Å². The van der Waals surface area contributed by atoms with Gasteiger partial charge in [0.2, 0.25) is 0 Å². The lowest BCUT2D eigenvalue weighted by Gasteiger charge is -2.23. The molecule has 0 unspecified atom stereocenters. The van der Waals surface area contributed by atoms with Crippen molar-refractivity contribution in [1.82, 2.24) is 9.58 Å². The van der Waals surface area contributed by atoms with Crippen molar-refractivity contribution in [3.05, 3.63) is 60.4 Å². The van der Waals surface area contributed by atoms with Crippen LogP contribution in [0.15, 0.2) is 49.1 Å². The molecule has 2 heterocycles. The monoisotopic (exact) mass is 269 g/mol. The summed E-state index contributed by atoms with van der Waals surface area (Å²) in [6.45, 7) is 6.48. The summed E-state index contributed by atoms with van der Waals surface area (Å²) in [5.41, 5.74) is 2.51. The average molecular weight is 269 g/mol. The molecule has 1 aliphatic heterocycles. The molecule has 0 spiro atoms. The standard InChI is InChI=1S/C16H21N4/c1-13-7-5-6-8-16(13)18-10-12-20(15(18)3)19-11-9-17(4)14(19)2/h5-12,14H,1-4H3/q+1/t14-/m0/s1. The zero-order chi connectivity index (χ0) is 14.3. The summed E-state index contributed by atoms with van der Waals surface area (Å²) in [5, 5.41) is 2.23. The van der Waals surface area contributed by atoms with Crippen LogP contribution in [-0.2, 0) is 0 Å². The van der Waals surface area contributed by atoms with E-state index in [0.29, 0.717) is 6.17 Å². The summed E-state index contributed by atoms with van der Waals surface area (Å²) < 4.78 is 4.42. The molecule has 2 aromatic rings. The highest BCUT2D eigenvalue weighted by molar-refractivity contribution is 5.32. The van der Waals surface area contributed by atoms with Gasteiger partial charge in [0, 0.05) is 20.2 Å². The second kappa shape index (κ2) is 4.71. The highest BCUT2D eigenvalue weighted by Gasteiger charge is 2.27. The van der Waals surface area contributed by atoms with Crippen molar-refractivity contribution >= 4 is 0 Å². The topological polar surface area (TPSA) is 15.3 Å². The number of aryl methyl sites for hydroxylation is 1. The van der Waals surface area contributed by atoms with Crippen LogP contribution in [0.5, 0.6) is 0 Å². The van der Waals surface area contributed by atoms with Gasteiger partial charge in [-0.25, -0.2) is 0 Å². The number of nitrogens with zero attached hydrogens (tertiary/aromatic N) is 4. The van der Waals surface area contributed by atoms with Gasteiger partial charge in [-0.05, 0) is 25.5 Å². The maximum atomic E-state index is 2.23. The third-order valence-electron chi connectivity index (χ3n) is 4.09. The van der Waals surface area contributed by atoms with Crippen LogP contribution in [0, 0.1) is 13.8 Å². The Hall–Kier alpha value is -2.23. The quantitative estimate of drug-likeness (QED) is 0.776. The van der Waals surface area contributed by atoms with Crippen molar-refractivity contribution in [1.29, 1.82) is 0 Å². The Labute approximate surface area is 120 Å². The van der Waals surface area contributed by atoms with Gasteiger partial charge in [-0.2, -0.15) is 9.58 Å². The van der Waals surface area contributed by atoms with Crippen molar-refractivity contribution in [2.45, 2.75) is 26.9 Å². The van der Waals surface area contributed by atoms with Gasteiger partial charge >= 0.3 is 0 Å². The minimum absolute atomic E-state index is 0.325. The van der Waals surface area contributed by atoms with Gasteiger partial charge in [0.1, 0.15) is 18.1 Å². The number of aromatic nitrogens is 2. The molecular weight excluding hydrogens is 248 g/mol. The van der Waals surface area contributed by atoms with Crippen molar-refractivity contribution in [2.24, 2.45) is 0 Å². The molecule has 0 bridgehead atoms. The third kappa shape index (κ3) is 1.88. The molecule has 1 aromatic carbocycles. The van der Waals surface area contributed by atoms with Crippen LogP contribution in [0.3, 0.4) is 0 Å². The first-order valence-electron chi connectivity index (χ1n) is 6.94. The minimum Gasteiger partial charge on any atom is -0.356 e. The molecule has 20 heavy (non-hydrogen) atoms. The van der Waals surface area contributed by atoms with Gasteiger partial charge in [0.05, 0.1) is 6.20 Å². The minimum atomic E-state index is 0.325. The molecule has 4 nitrogen and oxygen atoms in total. The molecule has 0 radical (unpaired) electrons. The molecule has 1 atom stereocenters. The maximum Gasteiger partial charge on any atom is 0.282 e. The summed E-state index contributed by atoms with van der Waals surface area (Å²) in [6, 6.07) is 8.46. The maximum absolute atomic E-state index is 2.23. The van der Waals surface area contributed by atoms with Gasteiger partial charge in [0.25, 0.3) is 5.82 Å². The van der Waals surface area contributed by atoms with Crippen molar-refractivity contribution in [3.63, 3.8) is 0 Å². The summed E-state index contributed by atoms with van der Waals surface area (Å²) in [5.74, 6) is 1.19. The lowest BCUT2D eigenvalue weighted by atomic mass is 10.2. The molecule has 3 rings (SSSR count). The normalized spacial score (nSPS) is 18.1. The second-order valence-electron chi connectivity index (χ2n) is 5.32. The Kier molecular flexibility index (Phi) is 3.01. The van der Waals surface area contributed by atoms with E-state index in [0.717, 1.165) is 0 Å². The summed E-state index contributed by atoms with van der Waals surface area (Å²) in [4.78, 5) is 2.19. The Morgan fingerprint density at radius 2 is 1.85 bits per heavy atom. The van der Waals surface area contributed by atoms with Gasteiger partial charge in [0.15, 0.2) is 6.20 Å². The van der Waals surface area contributed by atoms with E-state index in [4.69, 9.17) is 0 Å². The van der Waals surface area contributed by atoms with Gasteiger partial charge in [-0.15, -0.1) is 4.68 Å². The largest absolute Gasteiger partial charge is 0.356 e. The smallest absolute Gasteiger partial charge is 0.282 e. The summed E-state index contributed by atoms with van der Waals surface area (Å²) in [7, 11) is 2.09. The Balaban J connectivity index is 2.02. The first-order valence-corrected chi connectivity index (χ1v) is 6.94. The number of rotatable bonds is 2. The van der Waals surface area contributed by atoms with Gasteiger partial charge in [-0.1, -0.05) is 18.2 Å². The molecule has 0 N–H and O–H groups in total. The van der Waals surface area contributed by atoms with Crippen molar-refractivity contribution in [2.75, 3.05) is 12.1 Å². The van der Waals surface area contributed by atoms with E-state index in [1.54, 1.807) is 0 Å². The van der Waals surface area contributed by atoms with Gasteiger partial charge < -0.3 is 4.90 Å². The zero-order valence-corrected chi connectivity index (χ0v) is 12.5. The number of para-hydroxylation sites is 1. The van der Waals surface area contributed by atoms with Crippen LogP contribution in [0.25, 0.3) is 5.69 Å². The SMILES string of the molecule is Cc1ccccc1-[n+]1ccn(N2C=CN(C)[C@@H]2C)c1C. The van der Waals surface area contributed by atoms with E-state index in [1.165, 1.54) is 17.1 Å². The fourth-order valence-electron chi connectivity index (χ4n) is 2.65. The predicted molar refractivity (Wildman–Crippen MR) is 80.0 cm³/mol. The number of hydrogen-bond acceptors (Lipinski definition) is 2. The number of benzene rings is 1. The molecule has 104 valence electrons. The highest BCUT2D eigenvalue weighted by atomic mass is 15.6. The van der Waals surface area contributed by atoms with Crippen LogP contribution in [0.4, 0.5) is 0 Å². The molecule has 1 aromatic heterocycles. The third-order valence-corrected chi connectivity index (χ3v) is 4.09. The van der Waals surface area contributed by atoms with E-state index in [1.807, 2.05) is 0 Å². The first-order chi connectivity index (χ1) is 9.59. The fraction of sp³-hybridized carbons (Fsp3) is 0.312. The zero-order valence-electron chi connectivity index (χ0n) is 12.5. The van der Waals surface area contributed by atoms with Crippen LogP contribution in [0.2, 0.25) is 0 Å². The lowest BCUT2D eigenvalue weighted by molar-refractivity contribution is -0.602. The Morgan fingerprint density at radius 1 is 1.10 bits per heavy atom. The molecule has 0 saturated carbocycles. The molecule has 4 heteroatoms. The highest BCUT2D eigenvalue weighted by Crippen LogP contribution is 2.14. The molecule has 1 aliphatic rings. The van der Waals surface area contributed by atoms with Crippen LogP contribution in [0.1, 0.15) is 18.3 Å². The fourth-order valence-corrected chi connectivity index (χ4v) is 2.65. The van der Waals surface area contributed by atoms with E-state index >= 15 is 0 Å². The van der Waals surface area contributed by atoms with Crippen molar-refractivity contribution in [3.8, 4) is 5.69 Å². The average Bonchev–Trinajstić information content (AvgIpc) is 2.95. The van der Waals surface area contributed by atoms with E-state index in [-0.39, 0.29) is 0 Å². The summed E-state index contributed by atoms with van der Waals surface area (Å²) >= 11 is 0. The second-order valence-corrected chi connectivity index (χ2v) is 5.32. The van der Waals surface area contributed by atoms with E-state index < -0.39 is 0 Å². The van der Waals surface area contributed by atoms with E-state index in [2.05, 4.69) is 96.0 Å². The molecular formula is C16H21N4+. The predicted octanol–water partition coefficient (Wildman–Crippen LogP) is 2.08. The Bertz CT molecular complexity index is 656. The first kappa shape index (κ1) is 12.8. The Morgan fingerprint density at radius 3 is 2.50 bits per heavy atom. The molecule has 0 fully saturated rings. The summed E-state index contributed by atoms with van der Waals surface area (Å²) in [6.07, 6.45) is 8.77. The van der Waals surface area contributed by atoms with Crippen LogP contribution >= 0.6 is 0 Å². The lowest BCUT2D eigenvalue weighted by Crippen LogP contribution is -2.43. The molecule has 0 saturated heterocycles. The van der Waals surface area contributed by atoms with Crippen LogP contribution < -0.4 is 9.58 Å². The molecule has 0 aliphatic carbocycles. The van der Waals surface area contributed by atoms with E-state index in [9.17, 15) is 0 Å². The number of imidazole rings is 1. The van der Waals surface area contributed by atoms with Crippen LogP contribution in [-0.4, -0.2) is 22.8 Å². The van der Waals surface area contributed by atoms with Gasteiger partial charge in [-0.3, -0.25) is 0 Å².